The van der Waals surface area contributed by atoms with E-state index in [2.05, 4.69) is 0 Å². The Morgan fingerprint density at radius 2 is 2.00 bits per heavy atom. The van der Waals surface area contributed by atoms with Crippen LogP contribution >= 0.6 is 23.2 Å². The monoisotopic (exact) mass is 273 g/mol. The van der Waals surface area contributed by atoms with Gasteiger partial charge in [0.25, 0.3) is 0 Å². The fourth-order valence-electron chi connectivity index (χ4n) is 1.74. The van der Waals surface area contributed by atoms with Crippen LogP contribution in [0.4, 0.5) is 0 Å². The predicted octanol–water partition coefficient (Wildman–Crippen LogP) is 3.19. The zero-order chi connectivity index (χ0) is 12.7. The molecular weight excluding hydrogens is 265 g/mol. The molecule has 1 aromatic heterocycles. The topological polar surface area (TPSA) is 51.5 Å². The van der Waals surface area contributed by atoms with Gasteiger partial charge in [-0.2, -0.15) is 0 Å². The lowest BCUT2D eigenvalue weighted by atomic mass is 10.2. The molecule has 6 heteroatoms. The standard InChI is InChI=1S/C11H9Cl2NO3/c1-14-6-4-8(17-2)10(13)9(12)5(6)3-7(14)11(15)16/h3-4H,1-2H3,(H,15,16). The van der Waals surface area contributed by atoms with Crippen molar-refractivity contribution in [2.24, 2.45) is 7.05 Å². The number of hydrogen-bond acceptors (Lipinski definition) is 2. The number of ether oxygens (including phenoxy) is 1. The number of carbonyl (C=O) groups is 1. The molecule has 90 valence electrons. The van der Waals surface area contributed by atoms with E-state index in [1.54, 1.807) is 13.1 Å². The molecule has 0 radical (unpaired) electrons. The van der Waals surface area contributed by atoms with Crippen LogP contribution in [0, 0.1) is 0 Å². The van der Waals surface area contributed by atoms with Crippen molar-refractivity contribution >= 4 is 40.1 Å². The second kappa shape index (κ2) is 4.13. The maximum Gasteiger partial charge on any atom is 0.352 e. The van der Waals surface area contributed by atoms with E-state index in [-0.39, 0.29) is 10.7 Å². The average molecular weight is 274 g/mol. The first kappa shape index (κ1) is 12.1. The SMILES string of the molecule is COc1cc2c(cc(C(=O)O)n2C)c(Cl)c1Cl. The molecule has 0 bridgehead atoms. The lowest BCUT2D eigenvalue weighted by Gasteiger charge is -2.07. The molecule has 0 fully saturated rings. The van der Waals surface area contributed by atoms with Crippen LogP contribution in [0.1, 0.15) is 10.5 Å². The van der Waals surface area contributed by atoms with Gasteiger partial charge in [0, 0.05) is 18.5 Å². The van der Waals surface area contributed by atoms with Crippen molar-refractivity contribution in [1.29, 1.82) is 0 Å². The molecule has 0 spiro atoms. The highest BCUT2D eigenvalue weighted by atomic mass is 35.5. The van der Waals surface area contributed by atoms with Gasteiger partial charge in [-0.05, 0) is 6.07 Å². The summed E-state index contributed by atoms with van der Waals surface area (Å²) in [5, 5.41) is 10.2. The molecular formula is C11H9Cl2NO3. The number of carboxylic acid groups (broad SMARTS) is 1. The van der Waals surface area contributed by atoms with Gasteiger partial charge < -0.3 is 14.4 Å². The molecule has 1 N–H and O–H groups in total. The molecule has 0 aliphatic heterocycles. The fourth-order valence-corrected chi connectivity index (χ4v) is 2.21. The van der Waals surface area contributed by atoms with Crippen LogP contribution in [0.3, 0.4) is 0 Å². The molecule has 1 aromatic carbocycles. The molecule has 2 rings (SSSR count). The molecule has 2 aromatic rings. The van der Waals surface area contributed by atoms with Crippen LogP contribution in [0.2, 0.25) is 10.0 Å². The molecule has 0 amide bonds. The molecule has 0 saturated carbocycles. The molecule has 0 unspecified atom stereocenters. The van der Waals surface area contributed by atoms with Gasteiger partial charge in [-0.15, -0.1) is 0 Å². The fraction of sp³-hybridized carbons (Fsp3) is 0.182. The lowest BCUT2D eigenvalue weighted by Crippen LogP contribution is -2.03. The van der Waals surface area contributed by atoms with Gasteiger partial charge in [-0.1, -0.05) is 23.2 Å². The first-order valence-electron chi connectivity index (χ1n) is 4.72. The van der Waals surface area contributed by atoms with Crippen LogP contribution in [-0.4, -0.2) is 22.8 Å². The smallest absolute Gasteiger partial charge is 0.352 e. The van der Waals surface area contributed by atoms with Crippen molar-refractivity contribution in [1.82, 2.24) is 4.57 Å². The number of methoxy groups -OCH3 is 1. The summed E-state index contributed by atoms with van der Waals surface area (Å²) in [5.41, 5.74) is 0.805. The number of fused-ring (bicyclic) bond motifs is 1. The summed E-state index contributed by atoms with van der Waals surface area (Å²) in [4.78, 5) is 11.0. The van der Waals surface area contributed by atoms with Gasteiger partial charge in [-0.25, -0.2) is 4.79 Å². The van der Waals surface area contributed by atoms with Gasteiger partial charge in [0.2, 0.25) is 0 Å². The van der Waals surface area contributed by atoms with E-state index < -0.39 is 5.97 Å². The van der Waals surface area contributed by atoms with Crippen molar-refractivity contribution < 1.29 is 14.6 Å². The van der Waals surface area contributed by atoms with Crippen LogP contribution in [-0.2, 0) is 7.05 Å². The van der Waals surface area contributed by atoms with E-state index in [9.17, 15) is 4.79 Å². The number of nitrogens with zero attached hydrogens (tertiary/aromatic N) is 1. The lowest BCUT2D eigenvalue weighted by molar-refractivity contribution is 0.0687. The Kier molecular flexibility index (Phi) is 2.93. The van der Waals surface area contributed by atoms with Crippen molar-refractivity contribution in [2.45, 2.75) is 0 Å². The number of aryl methyl sites for hydroxylation is 1. The average Bonchev–Trinajstić information content (AvgIpc) is 2.61. The Bertz CT molecular complexity index is 619. The number of aromatic carboxylic acids is 1. The molecule has 1 heterocycles. The number of rotatable bonds is 2. The number of benzene rings is 1. The zero-order valence-corrected chi connectivity index (χ0v) is 10.6. The third-order valence-electron chi connectivity index (χ3n) is 2.63. The third kappa shape index (κ3) is 1.73. The van der Waals surface area contributed by atoms with Crippen LogP contribution in [0.5, 0.6) is 5.75 Å². The Balaban J connectivity index is 2.88. The van der Waals surface area contributed by atoms with E-state index in [1.807, 2.05) is 0 Å². The highest BCUT2D eigenvalue weighted by molar-refractivity contribution is 6.46. The van der Waals surface area contributed by atoms with Gasteiger partial charge in [-0.3, -0.25) is 0 Å². The van der Waals surface area contributed by atoms with Crippen LogP contribution in [0.15, 0.2) is 12.1 Å². The largest absolute Gasteiger partial charge is 0.495 e. The number of hydrogen-bond donors (Lipinski definition) is 1. The third-order valence-corrected chi connectivity index (χ3v) is 3.50. The van der Waals surface area contributed by atoms with E-state index in [4.69, 9.17) is 33.0 Å². The van der Waals surface area contributed by atoms with E-state index in [0.717, 1.165) is 0 Å². The minimum atomic E-state index is -1.02. The summed E-state index contributed by atoms with van der Waals surface area (Å²) < 4.78 is 6.61. The maximum absolute atomic E-state index is 11.0. The van der Waals surface area contributed by atoms with Crippen LogP contribution < -0.4 is 4.74 Å². The molecule has 17 heavy (non-hydrogen) atoms. The van der Waals surface area contributed by atoms with Gasteiger partial charge in [0.1, 0.15) is 16.5 Å². The Hall–Kier alpha value is -1.39. The van der Waals surface area contributed by atoms with Crippen molar-refractivity contribution in [3.05, 3.63) is 27.9 Å². The Morgan fingerprint density at radius 1 is 1.35 bits per heavy atom. The summed E-state index contributed by atoms with van der Waals surface area (Å²) in [6, 6.07) is 3.15. The maximum atomic E-state index is 11.0. The van der Waals surface area contributed by atoms with Gasteiger partial charge in [0.05, 0.1) is 17.6 Å². The Morgan fingerprint density at radius 3 is 2.53 bits per heavy atom. The van der Waals surface area contributed by atoms with Crippen molar-refractivity contribution in [3.63, 3.8) is 0 Å². The van der Waals surface area contributed by atoms with Crippen LogP contribution in [0.25, 0.3) is 10.9 Å². The second-order valence-electron chi connectivity index (χ2n) is 3.53. The summed E-state index contributed by atoms with van der Waals surface area (Å²) in [5.74, 6) is -0.600. The summed E-state index contributed by atoms with van der Waals surface area (Å²) in [6.07, 6.45) is 0. The van der Waals surface area contributed by atoms with Crippen molar-refractivity contribution in [3.8, 4) is 5.75 Å². The van der Waals surface area contributed by atoms with E-state index >= 15 is 0 Å². The van der Waals surface area contributed by atoms with Crippen molar-refractivity contribution in [2.75, 3.05) is 7.11 Å². The highest BCUT2D eigenvalue weighted by Gasteiger charge is 2.18. The normalized spacial score (nSPS) is 10.8. The second-order valence-corrected chi connectivity index (χ2v) is 4.29. The van der Waals surface area contributed by atoms with E-state index in [0.29, 0.717) is 21.7 Å². The summed E-state index contributed by atoms with van der Waals surface area (Å²) in [6.45, 7) is 0. The molecule has 0 atom stereocenters. The summed E-state index contributed by atoms with van der Waals surface area (Å²) in [7, 11) is 3.12. The van der Waals surface area contributed by atoms with E-state index in [1.165, 1.54) is 17.7 Å². The van der Waals surface area contributed by atoms with Gasteiger partial charge >= 0.3 is 5.97 Å². The highest BCUT2D eigenvalue weighted by Crippen LogP contribution is 2.39. The first-order chi connectivity index (χ1) is 7.97. The first-order valence-corrected chi connectivity index (χ1v) is 5.47. The summed E-state index contributed by atoms with van der Waals surface area (Å²) >= 11 is 12.1. The molecule has 0 aliphatic carbocycles. The Labute approximate surface area is 107 Å². The molecule has 0 aliphatic rings. The quantitative estimate of drug-likeness (QED) is 0.914. The van der Waals surface area contributed by atoms with Gasteiger partial charge in [0.15, 0.2) is 0 Å². The number of carboxylic acids is 1. The molecule has 4 nitrogen and oxygen atoms in total. The zero-order valence-electron chi connectivity index (χ0n) is 9.12. The minimum absolute atomic E-state index is 0.145. The molecule has 0 saturated heterocycles. The number of halogens is 2. The number of aromatic nitrogens is 1. The predicted molar refractivity (Wildman–Crippen MR) is 66.5 cm³/mol. The minimum Gasteiger partial charge on any atom is -0.495 e.